The fourth-order valence-corrected chi connectivity index (χ4v) is 2.45. The number of anilines is 1. The number of nitrogens with zero attached hydrogens (tertiary/aromatic N) is 2. The van der Waals surface area contributed by atoms with Crippen LogP contribution in [0, 0.1) is 0 Å². The summed E-state index contributed by atoms with van der Waals surface area (Å²) in [6, 6.07) is 0. The van der Waals surface area contributed by atoms with Gasteiger partial charge < -0.3 is 10.1 Å². The maximum atomic E-state index is 11.9. The van der Waals surface area contributed by atoms with Crippen molar-refractivity contribution in [1.29, 1.82) is 0 Å². The number of ether oxygens (including phenoxy) is 1. The van der Waals surface area contributed by atoms with Gasteiger partial charge in [-0.05, 0) is 0 Å². The van der Waals surface area contributed by atoms with Crippen LogP contribution in [-0.4, -0.2) is 42.4 Å². The molecule has 0 aliphatic heterocycles. The standard InChI is InChI=1S/C7H10F3N3OS2/c1-14-2-3-15-6-13-12-5(16-6)11-4-7(8,9)10/h2-4H2,1H3,(H,11,12). The molecule has 0 aromatic carbocycles. The minimum absolute atomic E-state index is 0.178. The molecule has 0 aliphatic carbocycles. The van der Waals surface area contributed by atoms with Gasteiger partial charge in [-0.3, -0.25) is 0 Å². The third-order valence-electron chi connectivity index (χ3n) is 1.36. The molecule has 1 heterocycles. The Balaban J connectivity index is 2.33. The van der Waals surface area contributed by atoms with Crippen LogP contribution in [-0.2, 0) is 4.74 Å². The molecule has 0 unspecified atom stereocenters. The van der Waals surface area contributed by atoms with Crippen LogP contribution in [0.1, 0.15) is 0 Å². The van der Waals surface area contributed by atoms with Gasteiger partial charge in [0.15, 0.2) is 4.34 Å². The van der Waals surface area contributed by atoms with Gasteiger partial charge in [0.05, 0.1) is 6.61 Å². The minimum Gasteiger partial charge on any atom is -0.384 e. The van der Waals surface area contributed by atoms with E-state index >= 15 is 0 Å². The Labute approximate surface area is 98.6 Å². The van der Waals surface area contributed by atoms with Crippen LogP contribution in [0.3, 0.4) is 0 Å². The summed E-state index contributed by atoms with van der Waals surface area (Å²) in [5.74, 6) is 0.699. The molecule has 9 heteroatoms. The molecule has 0 atom stereocenters. The summed E-state index contributed by atoms with van der Waals surface area (Å²) in [6.45, 7) is -0.528. The molecule has 0 fully saturated rings. The number of hydrogen-bond acceptors (Lipinski definition) is 6. The van der Waals surface area contributed by atoms with E-state index in [0.717, 1.165) is 11.3 Å². The maximum absolute atomic E-state index is 11.9. The minimum atomic E-state index is -4.24. The van der Waals surface area contributed by atoms with Crippen molar-refractivity contribution in [2.75, 3.05) is 31.3 Å². The van der Waals surface area contributed by atoms with E-state index in [1.807, 2.05) is 0 Å². The highest BCUT2D eigenvalue weighted by Gasteiger charge is 2.27. The van der Waals surface area contributed by atoms with E-state index < -0.39 is 12.7 Å². The fraction of sp³-hybridized carbons (Fsp3) is 0.714. The molecule has 0 spiro atoms. The van der Waals surface area contributed by atoms with Crippen molar-refractivity contribution in [3.8, 4) is 0 Å². The smallest absolute Gasteiger partial charge is 0.384 e. The van der Waals surface area contributed by atoms with Gasteiger partial charge in [-0.15, -0.1) is 10.2 Å². The molecule has 0 aliphatic rings. The molecule has 1 N–H and O–H groups in total. The molecule has 0 amide bonds. The predicted octanol–water partition coefficient (Wildman–Crippen LogP) is 2.25. The summed E-state index contributed by atoms with van der Waals surface area (Å²) in [6.07, 6.45) is -4.24. The summed E-state index contributed by atoms with van der Waals surface area (Å²) >= 11 is 2.50. The van der Waals surface area contributed by atoms with E-state index in [0.29, 0.717) is 16.7 Å². The van der Waals surface area contributed by atoms with Crippen molar-refractivity contribution in [3.05, 3.63) is 0 Å². The summed E-state index contributed by atoms with van der Waals surface area (Å²) in [5.41, 5.74) is 0. The molecule has 1 aromatic rings. The highest BCUT2D eigenvalue weighted by atomic mass is 32.2. The van der Waals surface area contributed by atoms with Gasteiger partial charge in [-0.2, -0.15) is 13.2 Å². The van der Waals surface area contributed by atoms with Gasteiger partial charge in [0.1, 0.15) is 6.54 Å². The van der Waals surface area contributed by atoms with Crippen LogP contribution in [0.2, 0.25) is 0 Å². The van der Waals surface area contributed by atoms with Crippen molar-refractivity contribution in [2.24, 2.45) is 0 Å². The first-order valence-electron chi connectivity index (χ1n) is 4.27. The quantitative estimate of drug-likeness (QED) is 0.636. The first-order valence-corrected chi connectivity index (χ1v) is 6.07. The van der Waals surface area contributed by atoms with Crippen molar-refractivity contribution in [3.63, 3.8) is 0 Å². The van der Waals surface area contributed by atoms with Gasteiger partial charge in [0.25, 0.3) is 0 Å². The average molecular weight is 273 g/mol. The van der Waals surface area contributed by atoms with Crippen molar-refractivity contribution >= 4 is 28.2 Å². The lowest BCUT2D eigenvalue weighted by Gasteiger charge is -2.05. The molecule has 1 aromatic heterocycles. The average Bonchev–Trinajstić information content (AvgIpc) is 2.62. The van der Waals surface area contributed by atoms with Gasteiger partial charge in [-0.25, -0.2) is 0 Å². The molecule has 0 radical (unpaired) electrons. The largest absolute Gasteiger partial charge is 0.405 e. The Hall–Kier alpha value is -0.540. The van der Waals surface area contributed by atoms with Crippen LogP contribution in [0.15, 0.2) is 4.34 Å². The highest BCUT2D eigenvalue weighted by Crippen LogP contribution is 2.26. The van der Waals surface area contributed by atoms with Gasteiger partial charge in [0.2, 0.25) is 5.13 Å². The molecule has 0 bridgehead atoms. The van der Waals surface area contributed by atoms with Gasteiger partial charge in [-0.1, -0.05) is 23.1 Å². The second-order valence-electron chi connectivity index (χ2n) is 2.68. The number of thioether (sulfide) groups is 1. The topological polar surface area (TPSA) is 47.0 Å². The number of nitrogens with one attached hydrogen (secondary N) is 1. The number of rotatable bonds is 6. The lowest BCUT2D eigenvalue weighted by molar-refractivity contribution is -0.115. The molecule has 1 rings (SSSR count). The lowest BCUT2D eigenvalue weighted by Crippen LogP contribution is -2.21. The zero-order valence-corrected chi connectivity index (χ0v) is 10.0. The number of methoxy groups -OCH3 is 1. The Morgan fingerprint density at radius 3 is 2.81 bits per heavy atom. The maximum Gasteiger partial charge on any atom is 0.405 e. The molecular formula is C7H10F3N3OS2. The summed E-state index contributed by atoms with van der Waals surface area (Å²) in [7, 11) is 1.58. The van der Waals surface area contributed by atoms with Crippen LogP contribution in [0.25, 0.3) is 0 Å². The summed E-state index contributed by atoms with van der Waals surface area (Å²) < 4.78 is 41.1. The van der Waals surface area contributed by atoms with Crippen LogP contribution in [0.4, 0.5) is 18.3 Å². The van der Waals surface area contributed by atoms with E-state index in [1.165, 1.54) is 11.8 Å². The highest BCUT2D eigenvalue weighted by molar-refractivity contribution is 8.01. The first kappa shape index (κ1) is 13.5. The van der Waals surface area contributed by atoms with E-state index in [-0.39, 0.29) is 5.13 Å². The van der Waals surface area contributed by atoms with Crippen LogP contribution in [0.5, 0.6) is 0 Å². The van der Waals surface area contributed by atoms with E-state index in [4.69, 9.17) is 4.74 Å². The second-order valence-corrected chi connectivity index (χ2v) is 5.00. The molecule has 16 heavy (non-hydrogen) atoms. The molecule has 4 nitrogen and oxygen atoms in total. The van der Waals surface area contributed by atoms with Gasteiger partial charge in [0, 0.05) is 12.9 Å². The third kappa shape index (κ3) is 5.52. The normalized spacial score (nSPS) is 11.8. The molecule has 0 saturated carbocycles. The van der Waals surface area contributed by atoms with Crippen molar-refractivity contribution in [1.82, 2.24) is 10.2 Å². The van der Waals surface area contributed by atoms with Crippen LogP contribution < -0.4 is 5.32 Å². The van der Waals surface area contributed by atoms with Crippen molar-refractivity contribution in [2.45, 2.75) is 10.5 Å². The monoisotopic (exact) mass is 273 g/mol. The number of aromatic nitrogens is 2. The first-order chi connectivity index (χ1) is 7.51. The lowest BCUT2D eigenvalue weighted by atomic mass is 10.6. The Morgan fingerprint density at radius 1 is 1.44 bits per heavy atom. The Bertz CT molecular complexity index is 318. The number of hydrogen-bond donors (Lipinski definition) is 1. The van der Waals surface area contributed by atoms with E-state index in [9.17, 15) is 13.2 Å². The zero-order chi connectivity index (χ0) is 12.0. The second kappa shape index (κ2) is 6.26. The molecule has 92 valence electrons. The van der Waals surface area contributed by atoms with E-state index in [1.54, 1.807) is 7.11 Å². The van der Waals surface area contributed by atoms with Crippen molar-refractivity contribution < 1.29 is 17.9 Å². The van der Waals surface area contributed by atoms with E-state index in [2.05, 4.69) is 15.5 Å². The molecular weight excluding hydrogens is 263 g/mol. The SMILES string of the molecule is COCCSc1nnc(NCC(F)(F)F)s1. The summed E-state index contributed by atoms with van der Waals surface area (Å²) in [4.78, 5) is 0. The zero-order valence-electron chi connectivity index (χ0n) is 8.37. The molecule has 0 saturated heterocycles. The Morgan fingerprint density at radius 2 is 2.19 bits per heavy atom. The van der Waals surface area contributed by atoms with Crippen LogP contribution >= 0.6 is 23.1 Å². The Kier molecular flexibility index (Phi) is 5.29. The third-order valence-corrected chi connectivity index (χ3v) is 3.34. The number of halogens is 3. The number of alkyl halides is 3. The van der Waals surface area contributed by atoms with Gasteiger partial charge >= 0.3 is 6.18 Å². The summed E-state index contributed by atoms with van der Waals surface area (Å²) in [5, 5.41) is 9.68. The fourth-order valence-electron chi connectivity index (χ4n) is 0.728. The predicted molar refractivity (Wildman–Crippen MR) is 57.1 cm³/mol.